The van der Waals surface area contributed by atoms with E-state index in [9.17, 15) is 31.2 Å². The van der Waals surface area contributed by atoms with Crippen LogP contribution in [0.15, 0.2) is 34.2 Å². The van der Waals surface area contributed by atoms with Gasteiger partial charge in [0, 0.05) is 7.05 Å². The first kappa shape index (κ1) is 19.4. The van der Waals surface area contributed by atoms with E-state index in [0.29, 0.717) is 6.07 Å². The molecule has 1 aromatic carbocycles. The zero-order valence-corrected chi connectivity index (χ0v) is 14.6. The molecule has 3 rings (SSSR count). The fourth-order valence-corrected chi connectivity index (χ4v) is 3.30. The van der Waals surface area contributed by atoms with E-state index in [2.05, 4.69) is 15.3 Å². The van der Waals surface area contributed by atoms with Crippen molar-refractivity contribution in [2.24, 2.45) is 12.2 Å². The lowest BCUT2D eigenvalue weighted by molar-refractivity contribution is -0.139. The van der Waals surface area contributed by atoms with Crippen LogP contribution in [0, 0.1) is 0 Å². The topological polar surface area (TPSA) is 154 Å². The zero-order chi connectivity index (χ0) is 20.9. The average molecular weight is 417 g/mol. The van der Waals surface area contributed by atoms with Crippen molar-refractivity contribution in [2.45, 2.75) is 11.1 Å². The lowest BCUT2D eigenvalue weighted by Crippen LogP contribution is -2.27. The van der Waals surface area contributed by atoms with Crippen LogP contribution in [0.1, 0.15) is 16.1 Å². The van der Waals surface area contributed by atoms with Crippen molar-refractivity contribution < 1.29 is 26.4 Å². The van der Waals surface area contributed by atoms with Crippen LogP contribution in [0.2, 0.25) is 0 Å². The molecular weight excluding hydrogens is 407 g/mol. The van der Waals surface area contributed by atoms with Crippen LogP contribution in [-0.4, -0.2) is 38.7 Å². The fraction of sp³-hybridized carbons (Fsp3) is 0.154. The molecule has 2 aromatic heterocycles. The van der Waals surface area contributed by atoms with Gasteiger partial charge >= 0.3 is 11.9 Å². The van der Waals surface area contributed by atoms with Gasteiger partial charge in [-0.1, -0.05) is 11.3 Å². The van der Waals surface area contributed by atoms with Crippen molar-refractivity contribution >= 4 is 27.3 Å². The van der Waals surface area contributed by atoms with E-state index in [1.807, 2.05) is 5.32 Å². The van der Waals surface area contributed by atoms with E-state index in [-0.39, 0.29) is 5.65 Å². The van der Waals surface area contributed by atoms with E-state index in [0.717, 1.165) is 27.5 Å². The van der Waals surface area contributed by atoms with E-state index in [1.54, 1.807) is 0 Å². The number of nitrogens with one attached hydrogen (secondary N) is 1. The highest BCUT2D eigenvalue weighted by Gasteiger charge is 2.38. The maximum atomic E-state index is 13.2. The minimum absolute atomic E-state index is 0.273. The van der Waals surface area contributed by atoms with Crippen LogP contribution in [0.5, 0.6) is 0 Å². The largest absolute Gasteiger partial charge is 0.417 e. The summed E-state index contributed by atoms with van der Waals surface area (Å²) in [7, 11) is -3.56. The molecule has 0 spiro atoms. The normalized spacial score (nSPS) is 12.3. The summed E-state index contributed by atoms with van der Waals surface area (Å²) >= 11 is 0. The van der Waals surface area contributed by atoms with Crippen molar-refractivity contribution in [1.82, 2.24) is 24.4 Å². The number of aromatic nitrogens is 5. The molecule has 11 nitrogen and oxygen atoms in total. The second-order valence-electron chi connectivity index (χ2n) is 5.46. The molecule has 0 aliphatic carbocycles. The third kappa shape index (κ3) is 3.31. The summed E-state index contributed by atoms with van der Waals surface area (Å²) in [5, 5.41) is 14.0. The van der Waals surface area contributed by atoms with Crippen LogP contribution in [0.3, 0.4) is 0 Å². The van der Waals surface area contributed by atoms with Gasteiger partial charge in [-0.25, -0.2) is 27.7 Å². The molecule has 3 N–H and O–H groups in total. The molecule has 0 bridgehead atoms. The molecule has 3 aromatic rings. The first-order valence-electron chi connectivity index (χ1n) is 7.22. The van der Waals surface area contributed by atoms with Gasteiger partial charge in [0.2, 0.25) is 10.0 Å². The SMILES string of the molecule is Cn1nnc2c(C(=O)Nc3cccc(C(F)(F)F)c3S(N)(=O)=O)ncn2c1=O. The lowest BCUT2D eigenvalue weighted by atomic mass is 10.2. The molecule has 1 amide bonds. The number of alkyl halides is 3. The number of anilines is 1. The molecule has 28 heavy (non-hydrogen) atoms. The third-order valence-corrected chi connectivity index (χ3v) is 4.58. The highest BCUT2D eigenvalue weighted by Crippen LogP contribution is 2.37. The summed E-state index contributed by atoms with van der Waals surface area (Å²) in [6.07, 6.45) is -4.07. The number of halogens is 3. The monoisotopic (exact) mass is 417 g/mol. The van der Waals surface area contributed by atoms with Gasteiger partial charge in [-0.3, -0.25) is 4.79 Å². The predicted molar refractivity (Wildman–Crippen MR) is 86.8 cm³/mol. The molecule has 0 atom stereocenters. The van der Waals surface area contributed by atoms with Crippen LogP contribution in [0.25, 0.3) is 5.65 Å². The summed E-state index contributed by atoms with van der Waals surface area (Å²) in [6, 6.07) is 2.33. The van der Waals surface area contributed by atoms with Crippen LogP contribution in [0.4, 0.5) is 18.9 Å². The Morgan fingerprint density at radius 1 is 1.29 bits per heavy atom. The predicted octanol–water partition coefficient (Wildman–Crippen LogP) is -0.259. The number of rotatable bonds is 3. The van der Waals surface area contributed by atoms with Crippen molar-refractivity contribution in [1.29, 1.82) is 0 Å². The van der Waals surface area contributed by atoms with Gasteiger partial charge in [0.05, 0.1) is 11.3 Å². The second kappa shape index (κ2) is 6.38. The Hall–Kier alpha value is -3.33. The highest BCUT2D eigenvalue weighted by atomic mass is 32.2. The summed E-state index contributed by atoms with van der Waals surface area (Å²) in [5.74, 6) is -1.12. The lowest BCUT2D eigenvalue weighted by Gasteiger charge is -2.15. The molecular formula is C13H10F3N7O4S. The smallest absolute Gasteiger partial charge is 0.319 e. The van der Waals surface area contributed by atoms with E-state index in [4.69, 9.17) is 5.14 Å². The number of hydrogen-bond donors (Lipinski definition) is 2. The number of fused-ring (bicyclic) bond motifs is 1. The van der Waals surface area contributed by atoms with Crippen molar-refractivity contribution in [3.8, 4) is 0 Å². The Labute approximate surface area is 153 Å². The minimum Gasteiger partial charge on any atom is -0.319 e. The van der Waals surface area contributed by atoms with Gasteiger partial charge in [-0.05, 0) is 12.1 Å². The summed E-state index contributed by atoms with van der Waals surface area (Å²) in [6.45, 7) is 0. The maximum absolute atomic E-state index is 13.2. The Kier molecular flexibility index (Phi) is 4.43. The van der Waals surface area contributed by atoms with Gasteiger partial charge in [-0.15, -0.1) is 5.10 Å². The van der Waals surface area contributed by atoms with Gasteiger partial charge in [0.15, 0.2) is 11.3 Å². The first-order chi connectivity index (χ1) is 12.9. The molecule has 0 radical (unpaired) electrons. The molecule has 2 heterocycles. The molecule has 0 aliphatic rings. The number of aryl methyl sites for hydroxylation is 1. The van der Waals surface area contributed by atoms with Gasteiger partial charge in [0.1, 0.15) is 11.2 Å². The minimum atomic E-state index is -5.04. The molecule has 0 fully saturated rings. The third-order valence-electron chi connectivity index (χ3n) is 3.57. The van der Waals surface area contributed by atoms with Gasteiger partial charge < -0.3 is 5.32 Å². The number of carbonyl (C=O) groups is 1. The zero-order valence-electron chi connectivity index (χ0n) is 13.8. The number of sulfonamides is 1. The van der Waals surface area contributed by atoms with Crippen molar-refractivity contribution in [3.63, 3.8) is 0 Å². The number of benzene rings is 1. The van der Waals surface area contributed by atoms with E-state index in [1.165, 1.54) is 7.05 Å². The number of imidazole rings is 1. The quantitative estimate of drug-likeness (QED) is 0.595. The van der Waals surface area contributed by atoms with Gasteiger partial charge in [0.25, 0.3) is 5.91 Å². The molecule has 0 saturated heterocycles. The van der Waals surface area contributed by atoms with E-state index < -0.39 is 49.6 Å². The number of primary sulfonamides is 1. The number of amides is 1. The van der Waals surface area contributed by atoms with Crippen LogP contribution < -0.4 is 16.1 Å². The Balaban J connectivity index is 2.12. The Morgan fingerprint density at radius 3 is 2.57 bits per heavy atom. The van der Waals surface area contributed by atoms with E-state index >= 15 is 0 Å². The summed E-state index contributed by atoms with van der Waals surface area (Å²) < 4.78 is 64.7. The Bertz CT molecular complexity index is 1260. The number of nitrogens with zero attached hydrogens (tertiary/aromatic N) is 5. The molecule has 148 valence electrons. The Morgan fingerprint density at radius 2 is 1.96 bits per heavy atom. The number of carbonyl (C=O) groups excluding carboxylic acids is 1. The first-order valence-corrected chi connectivity index (χ1v) is 8.77. The molecule has 0 saturated carbocycles. The van der Waals surface area contributed by atoms with Crippen LogP contribution in [-0.2, 0) is 23.2 Å². The molecule has 0 aliphatic heterocycles. The second-order valence-corrected chi connectivity index (χ2v) is 6.96. The summed E-state index contributed by atoms with van der Waals surface area (Å²) in [4.78, 5) is 26.7. The highest BCUT2D eigenvalue weighted by molar-refractivity contribution is 7.89. The standard InChI is InChI=1S/C13H10F3N7O4S/c1-22-12(25)23-5-18-8(10(23)20-21-22)11(24)19-7-4-2-3-6(13(14,15)16)9(7)28(17,26)27/h2-5H,1H3,(H,19,24)(H2,17,26,27). The molecule has 15 heteroatoms. The number of nitrogens with two attached hydrogens (primary N) is 1. The maximum Gasteiger partial charge on any atom is 0.417 e. The van der Waals surface area contributed by atoms with Crippen molar-refractivity contribution in [2.75, 3.05) is 5.32 Å². The average Bonchev–Trinajstić information content (AvgIpc) is 3.01. The molecule has 0 unspecified atom stereocenters. The van der Waals surface area contributed by atoms with Crippen molar-refractivity contribution in [3.05, 3.63) is 46.3 Å². The fourth-order valence-electron chi connectivity index (χ4n) is 2.39. The van der Waals surface area contributed by atoms with Gasteiger partial charge in [-0.2, -0.15) is 17.9 Å². The summed E-state index contributed by atoms with van der Waals surface area (Å²) in [5.41, 5.74) is -3.66. The van der Waals surface area contributed by atoms with Crippen LogP contribution >= 0.6 is 0 Å². The number of hydrogen-bond acceptors (Lipinski definition) is 7.